The number of hydrogen-bond donors (Lipinski definition) is 4. The first-order valence-corrected chi connectivity index (χ1v) is 11.4. The van der Waals surface area contributed by atoms with Crippen molar-refractivity contribution in [3.05, 3.63) is 29.4 Å². The molecule has 2 aromatic rings. The van der Waals surface area contributed by atoms with E-state index in [2.05, 4.69) is 20.9 Å². The fourth-order valence-corrected chi connectivity index (χ4v) is 4.88. The van der Waals surface area contributed by atoms with Crippen molar-refractivity contribution in [3.8, 4) is 10.4 Å². The van der Waals surface area contributed by atoms with Crippen molar-refractivity contribution in [2.75, 3.05) is 10.6 Å². The zero-order valence-electron chi connectivity index (χ0n) is 18.3. The van der Waals surface area contributed by atoms with E-state index in [1.807, 2.05) is 6.07 Å². The second-order valence-electron chi connectivity index (χ2n) is 8.08. The van der Waals surface area contributed by atoms with E-state index in [1.165, 1.54) is 6.92 Å². The predicted octanol–water partition coefficient (Wildman–Crippen LogP) is 5.02. The van der Waals surface area contributed by atoms with Crippen LogP contribution in [0.15, 0.2) is 24.4 Å². The lowest BCUT2D eigenvalue weighted by Crippen LogP contribution is -2.36. The number of carbonyl (C=O) groups excluding carboxylic acids is 2. The molecule has 10 heteroatoms. The van der Waals surface area contributed by atoms with Crippen LogP contribution in [0.5, 0.6) is 0 Å². The Morgan fingerprint density at radius 2 is 1.88 bits per heavy atom. The number of carboxylic acid groups (broad SMARTS) is 1. The molecule has 1 aromatic carbocycles. The number of carbonyl (C=O) groups is 3. The van der Waals surface area contributed by atoms with Gasteiger partial charge in [-0.05, 0) is 57.7 Å². The topological polar surface area (TPSA) is 130 Å². The van der Waals surface area contributed by atoms with Gasteiger partial charge in [-0.15, -0.1) is 11.3 Å². The van der Waals surface area contributed by atoms with Crippen molar-refractivity contribution in [1.29, 1.82) is 0 Å². The van der Waals surface area contributed by atoms with Crippen molar-refractivity contribution in [2.45, 2.75) is 64.5 Å². The molecule has 32 heavy (non-hydrogen) atoms. The third-order valence-corrected chi connectivity index (χ3v) is 6.31. The maximum Gasteiger partial charge on any atom is 0.411 e. The lowest BCUT2D eigenvalue weighted by Gasteiger charge is -2.27. The number of aromatic nitrogens is 1. The smallest absolute Gasteiger partial charge is 0.411 e. The number of ether oxygens (including phenoxy) is 1. The summed E-state index contributed by atoms with van der Waals surface area (Å²) in [6.45, 7) is 4.96. The molecule has 1 aliphatic carbocycles. The first kappa shape index (κ1) is 23.5. The van der Waals surface area contributed by atoms with E-state index in [4.69, 9.17) is 9.84 Å². The zero-order chi connectivity index (χ0) is 23.3. The van der Waals surface area contributed by atoms with Crippen LogP contribution in [0.4, 0.5) is 21.0 Å². The molecule has 1 saturated carbocycles. The normalized spacial score (nSPS) is 18.1. The monoisotopic (exact) mass is 460 g/mol. The zero-order valence-corrected chi connectivity index (χ0v) is 19.1. The Morgan fingerprint density at radius 1 is 1.16 bits per heavy atom. The average molecular weight is 461 g/mol. The summed E-state index contributed by atoms with van der Waals surface area (Å²) in [6, 6.07) is 5.28. The fraction of sp³-hybridized carbons (Fsp3) is 0.455. The fourth-order valence-electron chi connectivity index (χ4n) is 3.75. The molecular weight excluding hydrogens is 432 g/mol. The van der Waals surface area contributed by atoms with Crippen LogP contribution in [0.25, 0.3) is 10.4 Å². The Labute approximate surface area is 190 Å². The quantitative estimate of drug-likeness (QED) is 0.479. The molecule has 9 nitrogen and oxygen atoms in total. The molecule has 3 rings (SSSR count). The van der Waals surface area contributed by atoms with Crippen molar-refractivity contribution >= 4 is 40.8 Å². The SMILES string of the molecule is CC(=O)Nc1cc(NC(=O)OC(C)C)ccc1-c1cnc(C2CCC(NC(=O)O)CC2)s1. The molecule has 1 fully saturated rings. The molecule has 0 radical (unpaired) electrons. The minimum atomic E-state index is -0.981. The molecular formula is C22H28N4O5S. The number of rotatable bonds is 6. The number of nitrogens with zero attached hydrogens (tertiary/aromatic N) is 1. The van der Waals surface area contributed by atoms with Crippen molar-refractivity contribution in [2.24, 2.45) is 0 Å². The lowest BCUT2D eigenvalue weighted by molar-refractivity contribution is -0.114. The number of nitrogens with one attached hydrogen (secondary N) is 3. The number of amides is 3. The minimum absolute atomic E-state index is 0.00279. The van der Waals surface area contributed by atoms with Gasteiger partial charge in [-0.3, -0.25) is 10.1 Å². The van der Waals surface area contributed by atoms with Crippen LogP contribution >= 0.6 is 11.3 Å². The van der Waals surface area contributed by atoms with Gasteiger partial charge in [0.25, 0.3) is 0 Å². The van der Waals surface area contributed by atoms with E-state index in [0.29, 0.717) is 11.4 Å². The van der Waals surface area contributed by atoms with Crippen LogP contribution in [-0.4, -0.2) is 40.3 Å². The summed E-state index contributed by atoms with van der Waals surface area (Å²) < 4.78 is 5.11. The Kier molecular flexibility index (Phi) is 7.68. The molecule has 0 atom stereocenters. The van der Waals surface area contributed by atoms with Gasteiger partial charge in [0.1, 0.15) is 0 Å². The maximum atomic E-state index is 11.9. The van der Waals surface area contributed by atoms with E-state index < -0.39 is 12.2 Å². The van der Waals surface area contributed by atoms with E-state index in [1.54, 1.807) is 43.5 Å². The van der Waals surface area contributed by atoms with Gasteiger partial charge < -0.3 is 20.5 Å². The van der Waals surface area contributed by atoms with E-state index in [-0.39, 0.29) is 24.0 Å². The summed E-state index contributed by atoms with van der Waals surface area (Å²) in [7, 11) is 0. The molecule has 1 aromatic heterocycles. The van der Waals surface area contributed by atoms with Crippen molar-refractivity contribution < 1.29 is 24.2 Å². The average Bonchev–Trinajstić information content (AvgIpc) is 3.17. The summed E-state index contributed by atoms with van der Waals surface area (Å²) in [5, 5.41) is 17.9. The summed E-state index contributed by atoms with van der Waals surface area (Å²) in [5.74, 6) is 0.0682. The van der Waals surface area contributed by atoms with Gasteiger partial charge in [-0.25, -0.2) is 14.6 Å². The van der Waals surface area contributed by atoms with Gasteiger partial charge in [0.15, 0.2) is 0 Å². The predicted molar refractivity (Wildman–Crippen MR) is 123 cm³/mol. The third kappa shape index (κ3) is 6.43. The Balaban J connectivity index is 1.76. The van der Waals surface area contributed by atoms with Crippen molar-refractivity contribution in [1.82, 2.24) is 10.3 Å². The standard InChI is InChI=1S/C22H28N4O5S/c1-12(2)31-22(30)26-16-8-9-17(18(10-16)24-13(3)27)19-11-23-20(32-19)14-4-6-15(7-5-14)25-21(28)29/h8-12,14-15,25H,4-7H2,1-3H3,(H,24,27)(H,26,30)(H,28,29). The van der Waals surface area contributed by atoms with Gasteiger partial charge >= 0.3 is 12.2 Å². The molecule has 0 saturated heterocycles. The second-order valence-corrected chi connectivity index (χ2v) is 9.14. The highest BCUT2D eigenvalue weighted by Crippen LogP contribution is 2.40. The summed E-state index contributed by atoms with van der Waals surface area (Å²) in [6.07, 6.45) is 3.33. The first-order chi connectivity index (χ1) is 15.2. The molecule has 0 bridgehead atoms. The van der Waals surface area contributed by atoms with Crippen LogP contribution in [0.2, 0.25) is 0 Å². The van der Waals surface area contributed by atoms with Gasteiger partial charge in [0.05, 0.1) is 21.7 Å². The molecule has 0 aliphatic heterocycles. The van der Waals surface area contributed by atoms with E-state index >= 15 is 0 Å². The number of benzene rings is 1. The Bertz CT molecular complexity index is 982. The third-order valence-electron chi connectivity index (χ3n) is 5.11. The molecule has 4 N–H and O–H groups in total. The highest BCUT2D eigenvalue weighted by Gasteiger charge is 2.26. The second kappa shape index (κ2) is 10.4. The van der Waals surface area contributed by atoms with Crippen molar-refractivity contribution in [3.63, 3.8) is 0 Å². The lowest BCUT2D eigenvalue weighted by atomic mass is 9.86. The highest BCUT2D eigenvalue weighted by molar-refractivity contribution is 7.15. The molecule has 0 spiro atoms. The Hall–Kier alpha value is -3.14. The number of anilines is 2. The summed E-state index contributed by atoms with van der Waals surface area (Å²) in [4.78, 5) is 40.0. The Morgan fingerprint density at radius 3 is 2.50 bits per heavy atom. The molecule has 1 aliphatic rings. The largest absolute Gasteiger partial charge is 0.465 e. The van der Waals surface area contributed by atoms with E-state index in [0.717, 1.165) is 41.1 Å². The van der Waals surface area contributed by atoms with Gasteiger partial charge in [0.2, 0.25) is 5.91 Å². The molecule has 0 unspecified atom stereocenters. The summed E-state index contributed by atoms with van der Waals surface area (Å²) >= 11 is 1.57. The van der Waals surface area contributed by atoms with E-state index in [9.17, 15) is 14.4 Å². The highest BCUT2D eigenvalue weighted by atomic mass is 32.1. The summed E-state index contributed by atoms with van der Waals surface area (Å²) in [5.41, 5.74) is 1.90. The molecule has 172 valence electrons. The van der Waals surface area contributed by atoms with Crippen LogP contribution < -0.4 is 16.0 Å². The van der Waals surface area contributed by atoms with Gasteiger partial charge in [-0.2, -0.15) is 0 Å². The van der Waals surface area contributed by atoms with Crippen LogP contribution in [0, 0.1) is 0 Å². The maximum absolute atomic E-state index is 11.9. The van der Waals surface area contributed by atoms with Crippen LogP contribution in [0.3, 0.4) is 0 Å². The number of thiazole rings is 1. The molecule has 3 amide bonds. The van der Waals surface area contributed by atoms with Gasteiger partial charge in [-0.1, -0.05) is 0 Å². The molecule has 1 heterocycles. The first-order valence-electron chi connectivity index (χ1n) is 10.6. The van der Waals surface area contributed by atoms with Gasteiger partial charge in [0, 0.05) is 36.3 Å². The number of hydrogen-bond acceptors (Lipinski definition) is 6. The minimum Gasteiger partial charge on any atom is -0.465 e. The van der Waals surface area contributed by atoms with Crippen LogP contribution in [0.1, 0.15) is 57.4 Å². The van der Waals surface area contributed by atoms with Crippen LogP contribution in [-0.2, 0) is 9.53 Å².